The fourth-order valence-electron chi connectivity index (χ4n) is 0.955. The minimum Gasteiger partial charge on any atom is -0.205 e. The Balaban J connectivity index is 2.67. The molecule has 0 fully saturated rings. The van der Waals surface area contributed by atoms with E-state index in [1.165, 1.54) is 6.08 Å². The molecule has 2 heteroatoms. The van der Waals surface area contributed by atoms with Gasteiger partial charge in [-0.05, 0) is 6.42 Å². The molecule has 0 aromatic rings. The zero-order valence-electron chi connectivity index (χ0n) is 6.69. The van der Waals surface area contributed by atoms with Crippen molar-refractivity contribution in [1.29, 1.82) is 0 Å². The number of hydrogen-bond donors (Lipinski definition) is 0. The van der Waals surface area contributed by atoms with E-state index in [-0.39, 0.29) is 5.57 Å². The summed E-state index contributed by atoms with van der Waals surface area (Å²) in [7, 11) is 0. The lowest BCUT2D eigenvalue weighted by Crippen LogP contribution is -1.93. The Hall–Kier alpha value is -1.10. The molecule has 0 aromatic carbocycles. The number of hydrogen-bond acceptors (Lipinski definition) is 0. The van der Waals surface area contributed by atoms with Crippen LogP contribution in [0.25, 0.3) is 0 Å². The molecule has 0 N–H and O–H groups in total. The maximum atomic E-state index is 12.2. The average Bonchev–Trinajstić information content (AvgIpc) is 2.15. The van der Waals surface area contributed by atoms with E-state index in [4.69, 9.17) is 0 Å². The molecule has 1 aliphatic carbocycles. The SMILES string of the molecule is FC(F)C1=CCCC#CCC=C1. The van der Waals surface area contributed by atoms with E-state index in [9.17, 15) is 8.78 Å². The zero-order valence-corrected chi connectivity index (χ0v) is 6.69. The van der Waals surface area contributed by atoms with E-state index >= 15 is 0 Å². The molecule has 0 nitrogen and oxygen atoms in total. The summed E-state index contributed by atoms with van der Waals surface area (Å²) >= 11 is 0. The smallest absolute Gasteiger partial charge is 0.205 e. The third-order valence-electron chi connectivity index (χ3n) is 1.56. The molecule has 0 bridgehead atoms. The Morgan fingerprint density at radius 2 is 2.17 bits per heavy atom. The molecule has 0 spiro atoms. The second-order valence-corrected chi connectivity index (χ2v) is 2.50. The van der Waals surface area contributed by atoms with Crippen molar-refractivity contribution in [3.05, 3.63) is 23.8 Å². The van der Waals surface area contributed by atoms with Crippen molar-refractivity contribution in [1.82, 2.24) is 0 Å². The first-order valence-electron chi connectivity index (χ1n) is 3.91. The summed E-state index contributed by atoms with van der Waals surface area (Å²) in [5, 5.41) is 0. The first kappa shape index (κ1) is 8.99. The fourth-order valence-corrected chi connectivity index (χ4v) is 0.955. The van der Waals surface area contributed by atoms with Gasteiger partial charge in [0.2, 0.25) is 0 Å². The van der Waals surface area contributed by atoms with E-state index < -0.39 is 6.43 Å². The first-order chi connectivity index (χ1) is 5.80. The molecule has 0 atom stereocenters. The van der Waals surface area contributed by atoms with Crippen LogP contribution in [0.4, 0.5) is 8.78 Å². The third kappa shape index (κ3) is 2.87. The molecule has 0 aromatic heterocycles. The van der Waals surface area contributed by atoms with Crippen LogP contribution < -0.4 is 0 Å². The Labute approximate surface area is 71.0 Å². The van der Waals surface area contributed by atoms with Gasteiger partial charge in [0, 0.05) is 18.4 Å². The van der Waals surface area contributed by atoms with Crippen LogP contribution in [0.2, 0.25) is 0 Å². The van der Waals surface area contributed by atoms with Gasteiger partial charge >= 0.3 is 0 Å². The molecule has 0 saturated carbocycles. The molecule has 1 aliphatic rings. The van der Waals surface area contributed by atoms with Gasteiger partial charge in [-0.25, -0.2) is 8.78 Å². The molecule has 0 aliphatic heterocycles. The summed E-state index contributed by atoms with van der Waals surface area (Å²) < 4.78 is 24.4. The summed E-state index contributed by atoms with van der Waals surface area (Å²) in [5.41, 5.74) is 0.112. The first-order valence-corrected chi connectivity index (χ1v) is 3.91. The van der Waals surface area contributed by atoms with Gasteiger partial charge in [-0.15, -0.1) is 5.92 Å². The summed E-state index contributed by atoms with van der Waals surface area (Å²) in [6, 6.07) is 0. The van der Waals surface area contributed by atoms with Crippen LogP contribution in [0.1, 0.15) is 19.3 Å². The van der Waals surface area contributed by atoms with Gasteiger partial charge in [-0.1, -0.05) is 24.1 Å². The lowest BCUT2D eigenvalue weighted by atomic mass is 10.2. The number of alkyl halides is 2. The van der Waals surface area contributed by atoms with Gasteiger partial charge in [0.05, 0.1) is 0 Å². The van der Waals surface area contributed by atoms with E-state index in [1.54, 1.807) is 12.2 Å². The van der Waals surface area contributed by atoms with Gasteiger partial charge in [0.25, 0.3) is 6.43 Å². The summed E-state index contributed by atoms with van der Waals surface area (Å²) in [5.74, 6) is 5.77. The van der Waals surface area contributed by atoms with Crippen LogP contribution in [-0.4, -0.2) is 6.43 Å². The highest BCUT2D eigenvalue weighted by atomic mass is 19.3. The summed E-state index contributed by atoms with van der Waals surface area (Å²) in [6.45, 7) is 0. The van der Waals surface area contributed by atoms with Gasteiger partial charge in [0.1, 0.15) is 0 Å². The van der Waals surface area contributed by atoms with Gasteiger partial charge in [-0.3, -0.25) is 0 Å². The molecule has 0 saturated heterocycles. The van der Waals surface area contributed by atoms with Gasteiger partial charge in [-0.2, -0.15) is 0 Å². The lowest BCUT2D eigenvalue weighted by molar-refractivity contribution is 0.193. The third-order valence-corrected chi connectivity index (χ3v) is 1.56. The summed E-state index contributed by atoms with van der Waals surface area (Å²) in [4.78, 5) is 0. The van der Waals surface area contributed by atoms with Crippen molar-refractivity contribution in [2.24, 2.45) is 0 Å². The molecule has 64 valence electrons. The zero-order chi connectivity index (χ0) is 8.81. The van der Waals surface area contributed by atoms with Crippen LogP contribution in [0.3, 0.4) is 0 Å². The Kier molecular flexibility index (Phi) is 3.53. The number of halogens is 2. The van der Waals surface area contributed by atoms with Gasteiger partial charge < -0.3 is 0 Å². The molecule has 12 heavy (non-hydrogen) atoms. The van der Waals surface area contributed by atoms with Crippen molar-refractivity contribution in [3.63, 3.8) is 0 Å². The maximum absolute atomic E-state index is 12.2. The van der Waals surface area contributed by atoms with Crippen LogP contribution in [0.5, 0.6) is 0 Å². The van der Waals surface area contributed by atoms with Crippen LogP contribution in [0, 0.1) is 11.8 Å². The Morgan fingerprint density at radius 1 is 1.33 bits per heavy atom. The monoisotopic (exact) mass is 168 g/mol. The highest BCUT2D eigenvalue weighted by Gasteiger charge is 2.06. The number of allylic oxidation sites excluding steroid dienone is 4. The molecular weight excluding hydrogens is 158 g/mol. The minimum absolute atomic E-state index is 0.112. The minimum atomic E-state index is -2.36. The van der Waals surface area contributed by atoms with Crippen molar-refractivity contribution >= 4 is 0 Å². The standard InChI is InChI=1S/C10H10F2/c11-10(12)9-7-5-3-1-2-4-6-8-9/h5,7-8,10H,3-4,6H2. The second-order valence-electron chi connectivity index (χ2n) is 2.50. The van der Waals surface area contributed by atoms with E-state index in [0.717, 1.165) is 0 Å². The quantitative estimate of drug-likeness (QED) is 0.528. The molecule has 0 unspecified atom stereocenters. The van der Waals surface area contributed by atoms with E-state index in [2.05, 4.69) is 11.8 Å². The second kappa shape index (κ2) is 4.71. The van der Waals surface area contributed by atoms with Crippen LogP contribution in [-0.2, 0) is 0 Å². The van der Waals surface area contributed by atoms with Crippen LogP contribution >= 0.6 is 0 Å². The molecular formula is C10H10F2. The highest BCUT2D eigenvalue weighted by Crippen LogP contribution is 2.12. The van der Waals surface area contributed by atoms with Crippen molar-refractivity contribution < 1.29 is 8.78 Å². The van der Waals surface area contributed by atoms with Crippen LogP contribution in [0.15, 0.2) is 23.8 Å². The predicted molar refractivity (Wildman–Crippen MR) is 44.9 cm³/mol. The normalized spacial score (nSPS) is 17.1. The van der Waals surface area contributed by atoms with Crippen molar-refractivity contribution in [2.45, 2.75) is 25.7 Å². The highest BCUT2D eigenvalue weighted by molar-refractivity contribution is 5.24. The molecule has 0 heterocycles. The predicted octanol–water partition coefficient (Wildman–Crippen LogP) is 2.92. The molecule has 0 amide bonds. The van der Waals surface area contributed by atoms with Crippen molar-refractivity contribution in [2.75, 3.05) is 0 Å². The summed E-state index contributed by atoms with van der Waals surface area (Å²) in [6.07, 6.45) is 4.21. The van der Waals surface area contributed by atoms with E-state index in [1.807, 2.05) is 0 Å². The molecule has 1 rings (SSSR count). The average molecular weight is 168 g/mol. The largest absolute Gasteiger partial charge is 0.263 e. The topological polar surface area (TPSA) is 0 Å². The Bertz CT molecular complexity index is 251. The number of rotatable bonds is 1. The lowest BCUT2D eigenvalue weighted by Gasteiger charge is -1.98. The fraction of sp³-hybridized carbons (Fsp3) is 0.400. The molecule has 0 radical (unpaired) electrons. The van der Waals surface area contributed by atoms with E-state index in [0.29, 0.717) is 19.3 Å². The Morgan fingerprint density at radius 3 is 2.92 bits per heavy atom. The van der Waals surface area contributed by atoms with Gasteiger partial charge in [0.15, 0.2) is 0 Å². The van der Waals surface area contributed by atoms with Crippen molar-refractivity contribution in [3.8, 4) is 11.8 Å². The maximum Gasteiger partial charge on any atom is 0.263 e.